The van der Waals surface area contributed by atoms with Gasteiger partial charge in [0.1, 0.15) is 5.82 Å². The van der Waals surface area contributed by atoms with E-state index < -0.39 is 0 Å². The summed E-state index contributed by atoms with van der Waals surface area (Å²) in [5.41, 5.74) is 3.26. The monoisotopic (exact) mass is 258 g/mol. The highest BCUT2D eigenvalue weighted by molar-refractivity contribution is 5.89. The molecule has 5 heteroatoms. The number of hydrogen-bond acceptors (Lipinski definition) is 3. The molecule has 1 amide bonds. The molecule has 100 valence electrons. The van der Waals surface area contributed by atoms with E-state index in [9.17, 15) is 4.79 Å². The van der Waals surface area contributed by atoms with Gasteiger partial charge in [-0.25, -0.2) is 4.98 Å². The largest absolute Gasteiger partial charge is 0.311 e. The highest BCUT2D eigenvalue weighted by Gasteiger charge is 2.11. The number of rotatable bonds is 4. The summed E-state index contributed by atoms with van der Waals surface area (Å²) in [5, 5.41) is 7.13. The number of carbonyl (C=O) groups is 1. The fourth-order valence-electron chi connectivity index (χ4n) is 2.06. The zero-order chi connectivity index (χ0) is 13.8. The van der Waals surface area contributed by atoms with Crippen molar-refractivity contribution < 1.29 is 4.79 Å². The minimum Gasteiger partial charge on any atom is -0.311 e. The summed E-state index contributed by atoms with van der Waals surface area (Å²) in [5.74, 6) is 0.563. The Morgan fingerprint density at radius 3 is 2.74 bits per heavy atom. The lowest BCUT2D eigenvalue weighted by molar-refractivity contribution is -0.116. The van der Waals surface area contributed by atoms with E-state index in [2.05, 4.69) is 15.4 Å². The van der Waals surface area contributed by atoms with Crippen LogP contribution in [-0.2, 0) is 18.3 Å². The maximum atomic E-state index is 11.8. The molecule has 0 aliphatic carbocycles. The molecule has 0 spiro atoms. The van der Waals surface area contributed by atoms with Crippen molar-refractivity contribution >= 4 is 11.7 Å². The Bertz CT molecular complexity index is 575. The number of hydrogen-bond donors (Lipinski definition) is 1. The van der Waals surface area contributed by atoms with Crippen molar-refractivity contribution in [1.82, 2.24) is 14.8 Å². The van der Waals surface area contributed by atoms with E-state index in [1.807, 2.05) is 37.7 Å². The average Bonchev–Trinajstić information content (AvgIpc) is 2.62. The van der Waals surface area contributed by atoms with Crippen LogP contribution in [0.3, 0.4) is 0 Å². The van der Waals surface area contributed by atoms with Crippen LogP contribution in [0.15, 0.2) is 24.4 Å². The Hall–Kier alpha value is -2.17. The Morgan fingerprint density at radius 2 is 2.16 bits per heavy atom. The quantitative estimate of drug-likeness (QED) is 0.912. The molecule has 2 rings (SSSR count). The van der Waals surface area contributed by atoms with Crippen LogP contribution in [0.25, 0.3) is 0 Å². The molecule has 2 aromatic rings. The number of carbonyl (C=O) groups excluding carboxylic acids is 1. The third-order valence-electron chi connectivity index (χ3n) is 3.19. The van der Waals surface area contributed by atoms with Gasteiger partial charge in [-0.3, -0.25) is 9.48 Å². The molecule has 0 atom stereocenters. The van der Waals surface area contributed by atoms with Gasteiger partial charge >= 0.3 is 0 Å². The van der Waals surface area contributed by atoms with Crippen LogP contribution in [-0.4, -0.2) is 20.7 Å². The van der Waals surface area contributed by atoms with E-state index in [1.165, 1.54) is 0 Å². The number of aromatic nitrogens is 3. The first-order valence-corrected chi connectivity index (χ1v) is 6.28. The maximum absolute atomic E-state index is 11.8. The summed E-state index contributed by atoms with van der Waals surface area (Å²) in [6.45, 7) is 3.99. The van der Waals surface area contributed by atoms with Crippen molar-refractivity contribution in [2.45, 2.75) is 26.7 Å². The lowest BCUT2D eigenvalue weighted by Gasteiger charge is -2.04. The lowest BCUT2D eigenvalue weighted by atomic mass is 10.1. The molecule has 0 unspecified atom stereocenters. The van der Waals surface area contributed by atoms with Crippen LogP contribution >= 0.6 is 0 Å². The molecular weight excluding hydrogens is 240 g/mol. The van der Waals surface area contributed by atoms with Crippen LogP contribution in [0, 0.1) is 13.8 Å². The highest BCUT2D eigenvalue weighted by Crippen LogP contribution is 2.14. The molecule has 0 aromatic carbocycles. The maximum Gasteiger partial charge on any atom is 0.225 e. The van der Waals surface area contributed by atoms with E-state index in [-0.39, 0.29) is 5.91 Å². The van der Waals surface area contributed by atoms with Crippen LogP contribution in [0.2, 0.25) is 0 Å². The molecule has 2 aromatic heterocycles. The van der Waals surface area contributed by atoms with Crippen molar-refractivity contribution in [2.24, 2.45) is 7.05 Å². The van der Waals surface area contributed by atoms with E-state index in [1.54, 1.807) is 12.3 Å². The van der Waals surface area contributed by atoms with Gasteiger partial charge in [0.05, 0.1) is 5.69 Å². The molecule has 0 fully saturated rings. The fraction of sp³-hybridized carbons (Fsp3) is 0.357. The Kier molecular flexibility index (Phi) is 3.94. The molecule has 0 saturated heterocycles. The van der Waals surface area contributed by atoms with Crippen molar-refractivity contribution in [3.05, 3.63) is 41.3 Å². The summed E-state index contributed by atoms with van der Waals surface area (Å²) >= 11 is 0. The molecule has 0 radical (unpaired) electrons. The van der Waals surface area contributed by atoms with Gasteiger partial charge in [0.15, 0.2) is 0 Å². The molecule has 2 heterocycles. The molecule has 1 N–H and O–H groups in total. The first-order chi connectivity index (χ1) is 9.08. The zero-order valence-corrected chi connectivity index (χ0v) is 11.5. The minimum absolute atomic E-state index is 0.0265. The van der Waals surface area contributed by atoms with E-state index >= 15 is 0 Å². The molecular formula is C14H18N4O. The predicted octanol–water partition coefficient (Wildman–Crippen LogP) is 2.00. The van der Waals surface area contributed by atoms with Crippen molar-refractivity contribution in [3.8, 4) is 0 Å². The third-order valence-corrected chi connectivity index (χ3v) is 3.19. The van der Waals surface area contributed by atoms with Crippen molar-refractivity contribution in [3.63, 3.8) is 0 Å². The highest BCUT2D eigenvalue weighted by atomic mass is 16.1. The molecule has 0 bridgehead atoms. The smallest absolute Gasteiger partial charge is 0.225 e. The second-order valence-corrected chi connectivity index (χ2v) is 4.54. The van der Waals surface area contributed by atoms with E-state index in [0.29, 0.717) is 18.7 Å². The van der Waals surface area contributed by atoms with Gasteiger partial charge in [-0.05, 0) is 38.0 Å². The minimum atomic E-state index is -0.0265. The molecule has 5 nitrogen and oxygen atoms in total. The summed E-state index contributed by atoms with van der Waals surface area (Å²) in [6.07, 6.45) is 2.79. The molecule has 0 saturated carbocycles. The lowest BCUT2D eigenvalue weighted by Crippen LogP contribution is -2.13. The predicted molar refractivity (Wildman–Crippen MR) is 73.9 cm³/mol. The number of nitrogens with one attached hydrogen (secondary N) is 1. The standard InChI is InChI=1S/C14H18N4O/c1-10-12(11(2)18(3)17-10)7-8-14(19)16-13-6-4-5-9-15-13/h4-6,9H,7-8H2,1-3H3,(H,15,16,19). The first-order valence-electron chi connectivity index (χ1n) is 6.28. The van der Waals surface area contributed by atoms with Gasteiger partial charge in [-0.15, -0.1) is 0 Å². The number of aryl methyl sites for hydroxylation is 2. The van der Waals surface area contributed by atoms with Gasteiger partial charge in [-0.2, -0.15) is 5.10 Å². The topological polar surface area (TPSA) is 59.8 Å². The van der Waals surface area contributed by atoms with Gasteiger partial charge < -0.3 is 5.32 Å². The van der Waals surface area contributed by atoms with Crippen LogP contribution in [0.1, 0.15) is 23.4 Å². The third kappa shape index (κ3) is 3.19. The summed E-state index contributed by atoms with van der Waals surface area (Å²) in [7, 11) is 1.92. The summed E-state index contributed by atoms with van der Waals surface area (Å²) < 4.78 is 1.85. The second kappa shape index (κ2) is 5.65. The number of nitrogens with zero attached hydrogens (tertiary/aromatic N) is 3. The molecule has 0 aliphatic rings. The average molecular weight is 258 g/mol. The number of pyridine rings is 1. The zero-order valence-electron chi connectivity index (χ0n) is 11.5. The SMILES string of the molecule is Cc1nn(C)c(C)c1CCC(=O)Nc1ccccn1. The van der Waals surface area contributed by atoms with E-state index in [4.69, 9.17) is 0 Å². The first kappa shape index (κ1) is 13.3. The van der Waals surface area contributed by atoms with Crippen LogP contribution < -0.4 is 5.32 Å². The van der Waals surface area contributed by atoms with Gasteiger partial charge in [0, 0.05) is 25.4 Å². The molecule has 19 heavy (non-hydrogen) atoms. The van der Waals surface area contributed by atoms with Crippen LogP contribution in [0.4, 0.5) is 5.82 Å². The second-order valence-electron chi connectivity index (χ2n) is 4.54. The van der Waals surface area contributed by atoms with Gasteiger partial charge in [0.25, 0.3) is 0 Å². The summed E-state index contributed by atoms with van der Waals surface area (Å²) in [4.78, 5) is 15.9. The van der Waals surface area contributed by atoms with E-state index in [0.717, 1.165) is 17.0 Å². The van der Waals surface area contributed by atoms with Crippen molar-refractivity contribution in [2.75, 3.05) is 5.32 Å². The van der Waals surface area contributed by atoms with Gasteiger partial charge in [-0.1, -0.05) is 6.07 Å². The Morgan fingerprint density at radius 1 is 1.37 bits per heavy atom. The van der Waals surface area contributed by atoms with Crippen LogP contribution in [0.5, 0.6) is 0 Å². The fourth-order valence-corrected chi connectivity index (χ4v) is 2.06. The molecule has 0 aliphatic heterocycles. The van der Waals surface area contributed by atoms with Gasteiger partial charge in [0.2, 0.25) is 5.91 Å². The Balaban J connectivity index is 1.94. The normalized spacial score (nSPS) is 10.5. The van der Waals surface area contributed by atoms with Crippen molar-refractivity contribution in [1.29, 1.82) is 0 Å². The Labute approximate surface area is 112 Å². The number of amides is 1. The summed E-state index contributed by atoms with van der Waals surface area (Å²) in [6, 6.07) is 5.44. The number of anilines is 1.